The van der Waals surface area contributed by atoms with Crippen LogP contribution in [0, 0.1) is 18.8 Å². The zero-order valence-electron chi connectivity index (χ0n) is 15.1. The number of hydrogen-bond acceptors (Lipinski definition) is 6. The Morgan fingerprint density at radius 3 is 2.79 bits per heavy atom. The van der Waals surface area contributed by atoms with Crippen LogP contribution in [0.3, 0.4) is 0 Å². The molecule has 3 heterocycles. The van der Waals surface area contributed by atoms with Gasteiger partial charge in [-0.25, -0.2) is 9.97 Å². The summed E-state index contributed by atoms with van der Waals surface area (Å²) in [6.45, 7) is 9.96. The Morgan fingerprint density at radius 1 is 1.17 bits per heavy atom. The van der Waals surface area contributed by atoms with E-state index in [2.05, 4.69) is 31.7 Å². The van der Waals surface area contributed by atoms with Crippen molar-refractivity contribution in [1.29, 1.82) is 0 Å². The molecule has 3 rings (SSSR count). The molecule has 2 aliphatic rings. The third kappa shape index (κ3) is 4.65. The maximum atomic E-state index is 9.73. The third-order valence-corrected chi connectivity index (χ3v) is 5.30. The highest BCUT2D eigenvalue weighted by atomic mass is 16.3. The molecule has 6 heteroatoms. The number of aromatic nitrogens is 2. The minimum absolute atomic E-state index is 0.264. The molecule has 0 saturated carbocycles. The van der Waals surface area contributed by atoms with Crippen LogP contribution in [-0.4, -0.2) is 84.3 Å². The number of aliphatic hydroxyl groups is 1. The van der Waals surface area contributed by atoms with E-state index in [-0.39, 0.29) is 6.61 Å². The van der Waals surface area contributed by atoms with Gasteiger partial charge in [0.1, 0.15) is 11.6 Å². The molecule has 0 radical (unpaired) electrons. The highest BCUT2D eigenvalue weighted by Crippen LogP contribution is 2.26. The number of rotatable bonds is 4. The van der Waals surface area contributed by atoms with Gasteiger partial charge in [-0.05, 0) is 57.8 Å². The van der Waals surface area contributed by atoms with Crippen molar-refractivity contribution in [2.75, 3.05) is 64.4 Å². The van der Waals surface area contributed by atoms with Gasteiger partial charge in [0.25, 0.3) is 0 Å². The molecule has 2 aliphatic heterocycles. The Balaban J connectivity index is 1.64. The van der Waals surface area contributed by atoms with E-state index in [1.165, 1.54) is 19.5 Å². The summed E-state index contributed by atoms with van der Waals surface area (Å²) >= 11 is 0. The van der Waals surface area contributed by atoms with Crippen molar-refractivity contribution in [2.45, 2.75) is 19.8 Å². The van der Waals surface area contributed by atoms with Crippen LogP contribution in [0.25, 0.3) is 0 Å². The minimum Gasteiger partial charge on any atom is -0.396 e. The molecule has 0 spiro atoms. The Labute approximate surface area is 145 Å². The molecule has 0 amide bonds. The lowest BCUT2D eigenvalue weighted by Gasteiger charge is -2.39. The summed E-state index contributed by atoms with van der Waals surface area (Å²) in [6.07, 6.45) is 4.20. The predicted octanol–water partition coefficient (Wildman–Crippen LogP) is 0.857. The lowest BCUT2D eigenvalue weighted by molar-refractivity contribution is 0.155. The maximum Gasteiger partial charge on any atom is 0.132 e. The SMILES string of the molecule is Cc1nccc(N2C[C@@H](CN3CCCN(C)CC3)C[C@H](CO)C2)n1. The second-order valence-corrected chi connectivity index (χ2v) is 7.47. The van der Waals surface area contributed by atoms with Crippen molar-refractivity contribution in [3.8, 4) is 0 Å². The van der Waals surface area contributed by atoms with Gasteiger partial charge in [0.2, 0.25) is 0 Å². The van der Waals surface area contributed by atoms with Gasteiger partial charge in [-0.15, -0.1) is 0 Å². The van der Waals surface area contributed by atoms with E-state index in [1.807, 2.05) is 19.2 Å². The first-order valence-electron chi connectivity index (χ1n) is 9.20. The molecule has 1 aromatic heterocycles. The zero-order chi connectivity index (χ0) is 16.9. The number of hydrogen-bond donors (Lipinski definition) is 1. The molecule has 2 fully saturated rings. The molecule has 2 atom stereocenters. The molecule has 0 bridgehead atoms. The summed E-state index contributed by atoms with van der Waals surface area (Å²) < 4.78 is 0. The van der Waals surface area contributed by atoms with Crippen molar-refractivity contribution in [3.05, 3.63) is 18.1 Å². The molecule has 0 aliphatic carbocycles. The molecule has 1 N–H and O–H groups in total. The van der Waals surface area contributed by atoms with Crippen LogP contribution in [0.4, 0.5) is 5.82 Å². The van der Waals surface area contributed by atoms with Crippen LogP contribution in [0.15, 0.2) is 12.3 Å². The Morgan fingerprint density at radius 2 is 2.00 bits per heavy atom. The Kier molecular flexibility index (Phi) is 6.03. The van der Waals surface area contributed by atoms with Crippen LogP contribution in [0.1, 0.15) is 18.7 Å². The van der Waals surface area contributed by atoms with Gasteiger partial charge in [0.15, 0.2) is 0 Å². The number of nitrogens with zero attached hydrogens (tertiary/aromatic N) is 5. The quantitative estimate of drug-likeness (QED) is 0.882. The van der Waals surface area contributed by atoms with E-state index in [4.69, 9.17) is 0 Å². The van der Waals surface area contributed by atoms with Crippen LogP contribution >= 0.6 is 0 Å². The Bertz CT molecular complexity index is 526. The molecule has 24 heavy (non-hydrogen) atoms. The molecule has 2 saturated heterocycles. The number of likely N-dealkylation sites (N-methyl/N-ethyl adjacent to an activating group) is 1. The van der Waals surface area contributed by atoms with Crippen molar-refractivity contribution >= 4 is 5.82 Å². The molecule has 1 aromatic rings. The highest BCUT2D eigenvalue weighted by Gasteiger charge is 2.29. The van der Waals surface area contributed by atoms with Gasteiger partial charge in [-0.1, -0.05) is 0 Å². The second-order valence-electron chi connectivity index (χ2n) is 7.47. The van der Waals surface area contributed by atoms with Crippen LogP contribution in [-0.2, 0) is 0 Å². The number of aryl methyl sites for hydroxylation is 1. The number of piperidine rings is 1. The fourth-order valence-corrected chi connectivity index (χ4v) is 4.04. The minimum atomic E-state index is 0.264. The van der Waals surface area contributed by atoms with Crippen LogP contribution in [0.5, 0.6) is 0 Å². The normalized spacial score (nSPS) is 27.2. The molecule has 6 nitrogen and oxygen atoms in total. The topological polar surface area (TPSA) is 55.7 Å². The lowest BCUT2D eigenvalue weighted by atomic mass is 9.89. The monoisotopic (exact) mass is 333 g/mol. The third-order valence-electron chi connectivity index (χ3n) is 5.30. The average molecular weight is 333 g/mol. The van der Waals surface area contributed by atoms with Gasteiger partial charge >= 0.3 is 0 Å². The summed E-state index contributed by atoms with van der Waals surface area (Å²) in [7, 11) is 2.21. The van der Waals surface area contributed by atoms with Gasteiger partial charge in [0.05, 0.1) is 0 Å². The van der Waals surface area contributed by atoms with Gasteiger partial charge in [-0.2, -0.15) is 0 Å². The Hall–Kier alpha value is -1.24. The molecule has 134 valence electrons. The van der Waals surface area contributed by atoms with E-state index in [9.17, 15) is 5.11 Å². The smallest absolute Gasteiger partial charge is 0.132 e. The summed E-state index contributed by atoms with van der Waals surface area (Å²) in [4.78, 5) is 16.2. The van der Waals surface area contributed by atoms with Gasteiger partial charge < -0.3 is 19.8 Å². The van der Waals surface area contributed by atoms with Gasteiger partial charge in [0, 0.05) is 45.5 Å². The van der Waals surface area contributed by atoms with Crippen molar-refractivity contribution < 1.29 is 5.11 Å². The first-order chi connectivity index (χ1) is 11.6. The highest BCUT2D eigenvalue weighted by molar-refractivity contribution is 5.38. The van der Waals surface area contributed by atoms with E-state index in [0.717, 1.165) is 50.8 Å². The summed E-state index contributed by atoms with van der Waals surface area (Å²) in [5.74, 6) is 2.75. The lowest BCUT2D eigenvalue weighted by Crippen LogP contribution is -2.46. The first kappa shape index (κ1) is 17.6. The average Bonchev–Trinajstić information content (AvgIpc) is 2.79. The van der Waals surface area contributed by atoms with E-state index in [0.29, 0.717) is 11.8 Å². The van der Waals surface area contributed by atoms with Crippen LogP contribution < -0.4 is 4.90 Å². The first-order valence-corrected chi connectivity index (χ1v) is 9.20. The zero-order valence-corrected chi connectivity index (χ0v) is 15.1. The fraction of sp³-hybridized carbons (Fsp3) is 0.778. The maximum absolute atomic E-state index is 9.73. The van der Waals surface area contributed by atoms with Crippen LogP contribution in [0.2, 0.25) is 0 Å². The van der Waals surface area contributed by atoms with E-state index in [1.54, 1.807) is 0 Å². The molecule has 0 unspecified atom stereocenters. The molecular weight excluding hydrogens is 302 g/mol. The number of aliphatic hydroxyl groups excluding tert-OH is 1. The van der Waals surface area contributed by atoms with Crippen molar-refractivity contribution in [3.63, 3.8) is 0 Å². The number of anilines is 1. The second kappa shape index (κ2) is 8.23. The van der Waals surface area contributed by atoms with E-state index >= 15 is 0 Å². The summed E-state index contributed by atoms with van der Waals surface area (Å²) in [6, 6.07) is 1.99. The van der Waals surface area contributed by atoms with E-state index < -0.39 is 0 Å². The molecule has 0 aromatic carbocycles. The summed E-state index contributed by atoms with van der Waals surface area (Å²) in [5.41, 5.74) is 0. The largest absolute Gasteiger partial charge is 0.396 e. The van der Waals surface area contributed by atoms with Gasteiger partial charge in [-0.3, -0.25) is 0 Å². The predicted molar refractivity (Wildman–Crippen MR) is 96.2 cm³/mol. The van der Waals surface area contributed by atoms with Crippen molar-refractivity contribution in [1.82, 2.24) is 19.8 Å². The molecular formula is C18H31N5O. The fourth-order valence-electron chi connectivity index (χ4n) is 4.04. The standard InChI is InChI=1S/C18H31N5O/c1-15-19-5-4-18(20-15)23-12-16(10-17(13-23)14-24)11-22-7-3-6-21(2)8-9-22/h4-5,16-17,24H,3,6-14H2,1-2H3/t16-,17+/m1/s1. The van der Waals surface area contributed by atoms with Crippen molar-refractivity contribution in [2.24, 2.45) is 11.8 Å². The summed E-state index contributed by atoms with van der Waals surface area (Å²) in [5, 5.41) is 9.73.